The smallest absolute Gasteiger partial charge is 0.308 e. The van der Waals surface area contributed by atoms with Crippen LogP contribution in [-0.2, 0) is 9.53 Å². The van der Waals surface area contributed by atoms with Crippen molar-refractivity contribution in [2.75, 3.05) is 6.61 Å². The highest BCUT2D eigenvalue weighted by Crippen LogP contribution is 2.19. The molecule has 0 amide bonds. The topological polar surface area (TPSA) is 96.7 Å². The largest absolute Gasteiger partial charge is 0.466 e. The zero-order valence-electron chi connectivity index (χ0n) is 9.94. The molecular weight excluding hydrogens is 238 g/mol. The van der Waals surface area contributed by atoms with E-state index in [0.29, 0.717) is 6.29 Å². The first-order chi connectivity index (χ1) is 8.58. The summed E-state index contributed by atoms with van der Waals surface area (Å²) in [5.41, 5.74) is 0.561. The lowest BCUT2D eigenvalue weighted by molar-refractivity contribution is -0.147. The molecule has 1 rings (SSSR count). The summed E-state index contributed by atoms with van der Waals surface area (Å²) < 4.78 is 4.66. The average molecular weight is 253 g/mol. The van der Waals surface area contributed by atoms with Gasteiger partial charge in [-0.25, -0.2) is 0 Å². The van der Waals surface area contributed by atoms with Gasteiger partial charge in [-0.15, -0.1) is 0 Å². The molecular formula is C12H15NO5. The molecule has 0 aromatic carbocycles. The van der Waals surface area contributed by atoms with Gasteiger partial charge in [0.25, 0.3) is 0 Å². The van der Waals surface area contributed by atoms with Gasteiger partial charge in [0.15, 0.2) is 6.29 Å². The van der Waals surface area contributed by atoms with Gasteiger partial charge in [0.2, 0.25) is 0 Å². The maximum Gasteiger partial charge on any atom is 0.308 e. The lowest BCUT2D eigenvalue weighted by Gasteiger charge is -2.17. The number of hydrogen-bond acceptors (Lipinski definition) is 6. The number of carbonyl (C=O) groups excluding carboxylic acids is 2. The van der Waals surface area contributed by atoms with Crippen LogP contribution < -0.4 is 0 Å². The van der Waals surface area contributed by atoms with Gasteiger partial charge in [0, 0.05) is 23.5 Å². The van der Waals surface area contributed by atoms with Gasteiger partial charge >= 0.3 is 5.97 Å². The molecule has 2 atom stereocenters. The Morgan fingerprint density at radius 3 is 2.83 bits per heavy atom. The Bertz CT molecular complexity index is 421. The molecule has 2 N–H and O–H groups in total. The summed E-state index contributed by atoms with van der Waals surface area (Å²) in [6, 6.07) is 1.40. The number of carbonyl (C=O) groups is 2. The third-order valence-corrected chi connectivity index (χ3v) is 2.30. The van der Waals surface area contributed by atoms with E-state index in [4.69, 9.17) is 0 Å². The fourth-order valence-electron chi connectivity index (χ4n) is 1.43. The normalized spacial score (nSPS) is 13.7. The van der Waals surface area contributed by atoms with Crippen LogP contribution in [0.1, 0.15) is 35.4 Å². The van der Waals surface area contributed by atoms with E-state index < -0.39 is 18.2 Å². The van der Waals surface area contributed by atoms with E-state index in [1.807, 2.05) is 0 Å². The number of aliphatic hydroxyl groups excluding tert-OH is 2. The molecule has 0 fully saturated rings. The fraction of sp³-hybridized carbons (Fsp3) is 0.417. The first-order valence-electron chi connectivity index (χ1n) is 5.50. The molecule has 0 aliphatic heterocycles. The summed E-state index contributed by atoms with van der Waals surface area (Å²) in [6.45, 7) is 1.86. The summed E-state index contributed by atoms with van der Waals surface area (Å²) in [4.78, 5) is 25.5. The Kier molecular flexibility index (Phi) is 5.41. The van der Waals surface area contributed by atoms with Crippen LogP contribution in [0.15, 0.2) is 18.5 Å². The molecule has 6 nitrogen and oxygen atoms in total. The maximum absolute atomic E-state index is 11.1. The van der Waals surface area contributed by atoms with E-state index in [-0.39, 0.29) is 24.2 Å². The minimum absolute atomic E-state index is 0.212. The Hall–Kier alpha value is -1.79. The lowest BCUT2D eigenvalue weighted by Crippen LogP contribution is -2.23. The van der Waals surface area contributed by atoms with E-state index in [0.717, 1.165) is 0 Å². The fourth-order valence-corrected chi connectivity index (χ4v) is 1.43. The van der Waals surface area contributed by atoms with Gasteiger partial charge < -0.3 is 14.9 Å². The highest BCUT2D eigenvalue weighted by Gasteiger charge is 2.22. The molecule has 6 heteroatoms. The molecule has 1 aromatic heterocycles. The highest BCUT2D eigenvalue weighted by atomic mass is 16.5. The predicted molar refractivity (Wildman–Crippen MR) is 61.8 cm³/mol. The van der Waals surface area contributed by atoms with E-state index in [1.165, 1.54) is 18.5 Å². The van der Waals surface area contributed by atoms with Crippen LogP contribution in [0, 0.1) is 0 Å². The van der Waals surface area contributed by atoms with Crippen LogP contribution in [0.3, 0.4) is 0 Å². The summed E-state index contributed by atoms with van der Waals surface area (Å²) >= 11 is 0. The van der Waals surface area contributed by atoms with Crippen molar-refractivity contribution in [2.24, 2.45) is 0 Å². The number of esters is 1. The Labute approximate surface area is 104 Å². The van der Waals surface area contributed by atoms with Gasteiger partial charge in [0.1, 0.15) is 6.10 Å². The highest BCUT2D eigenvalue weighted by molar-refractivity contribution is 5.74. The van der Waals surface area contributed by atoms with Crippen molar-refractivity contribution < 1.29 is 24.5 Å². The van der Waals surface area contributed by atoms with Gasteiger partial charge in [-0.05, 0) is 13.0 Å². The van der Waals surface area contributed by atoms with Gasteiger partial charge in [-0.3, -0.25) is 14.6 Å². The number of aromatic nitrogens is 1. The molecule has 18 heavy (non-hydrogen) atoms. The average Bonchev–Trinajstić information content (AvgIpc) is 2.38. The minimum atomic E-state index is -1.30. The molecule has 1 heterocycles. The number of aliphatic hydroxyl groups is 2. The van der Waals surface area contributed by atoms with Gasteiger partial charge in [-0.2, -0.15) is 0 Å². The minimum Gasteiger partial charge on any atom is -0.466 e. The van der Waals surface area contributed by atoms with Gasteiger partial charge in [-0.1, -0.05) is 0 Å². The van der Waals surface area contributed by atoms with Crippen LogP contribution in [-0.4, -0.2) is 40.2 Å². The number of hydrogen-bond donors (Lipinski definition) is 2. The summed E-state index contributed by atoms with van der Waals surface area (Å²) in [5, 5.41) is 19.5. The number of nitrogens with zero attached hydrogens (tertiary/aromatic N) is 1. The van der Waals surface area contributed by atoms with Crippen LogP contribution in [0.4, 0.5) is 0 Å². The van der Waals surface area contributed by atoms with E-state index in [1.54, 1.807) is 6.92 Å². The van der Waals surface area contributed by atoms with Crippen molar-refractivity contribution >= 4 is 12.3 Å². The van der Waals surface area contributed by atoms with E-state index in [9.17, 15) is 19.8 Å². The summed E-state index contributed by atoms with van der Waals surface area (Å²) in [5.74, 6) is -0.594. The van der Waals surface area contributed by atoms with Crippen molar-refractivity contribution in [1.82, 2.24) is 4.98 Å². The first-order valence-corrected chi connectivity index (χ1v) is 5.50. The van der Waals surface area contributed by atoms with Gasteiger partial charge in [0.05, 0.1) is 19.1 Å². The zero-order valence-corrected chi connectivity index (χ0v) is 9.94. The number of rotatable bonds is 6. The van der Waals surface area contributed by atoms with Crippen molar-refractivity contribution in [3.63, 3.8) is 0 Å². The first kappa shape index (κ1) is 14.3. The monoisotopic (exact) mass is 253 g/mol. The molecule has 2 unspecified atom stereocenters. The second kappa shape index (κ2) is 6.83. The zero-order chi connectivity index (χ0) is 13.5. The predicted octanol–water partition coefficient (Wildman–Crippen LogP) is 0.242. The van der Waals surface area contributed by atoms with E-state index >= 15 is 0 Å². The van der Waals surface area contributed by atoms with Crippen LogP contribution in [0.25, 0.3) is 0 Å². The maximum atomic E-state index is 11.1. The molecule has 0 saturated carbocycles. The summed E-state index contributed by atoms with van der Waals surface area (Å²) in [7, 11) is 0. The lowest BCUT2D eigenvalue weighted by atomic mass is 10.0. The SMILES string of the molecule is CCOC(=O)CC(O)C(O)c1cncc(C=O)c1. The molecule has 0 bridgehead atoms. The van der Waals surface area contributed by atoms with Crippen molar-refractivity contribution in [3.8, 4) is 0 Å². The number of pyridine rings is 1. The van der Waals surface area contributed by atoms with Crippen LogP contribution in [0.5, 0.6) is 0 Å². The molecule has 0 aliphatic carbocycles. The number of ether oxygens (including phenoxy) is 1. The van der Waals surface area contributed by atoms with Crippen molar-refractivity contribution in [2.45, 2.75) is 25.6 Å². The Balaban J connectivity index is 2.70. The van der Waals surface area contributed by atoms with Crippen LogP contribution in [0.2, 0.25) is 0 Å². The molecule has 0 saturated heterocycles. The molecule has 98 valence electrons. The molecule has 0 aliphatic rings. The molecule has 0 radical (unpaired) electrons. The van der Waals surface area contributed by atoms with Crippen molar-refractivity contribution in [1.29, 1.82) is 0 Å². The standard InChI is InChI=1S/C12H15NO5/c1-2-18-11(16)4-10(15)12(17)9-3-8(7-14)5-13-6-9/h3,5-7,10,12,15,17H,2,4H2,1H3. The number of aldehydes is 1. The second-order valence-corrected chi connectivity index (χ2v) is 3.69. The quantitative estimate of drug-likeness (QED) is 0.557. The van der Waals surface area contributed by atoms with E-state index in [2.05, 4.69) is 9.72 Å². The molecule has 1 aromatic rings. The Morgan fingerprint density at radius 2 is 2.22 bits per heavy atom. The summed E-state index contributed by atoms with van der Waals surface area (Å²) in [6.07, 6.45) is 0.336. The third-order valence-electron chi connectivity index (χ3n) is 2.30. The molecule has 0 spiro atoms. The third kappa shape index (κ3) is 3.90. The van der Waals surface area contributed by atoms with Crippen molar-refractivity contribution in [3.05, 3.63) is 29.6 Å². The van der Waals surface area contributed by atoms with Crippen LogP contribution >= 0.6 is 0 Å². The Morgan fingerprint density at radius 1 is 1.50 bits per heavy atom. The second-order valence-electron chi connectivity index (χ2n) is 3.69.